The number of benzene rings is 3. The van der Waals surface area contributed by atoms with Gasteiger partial charge in [0.25, 0.3) is 0 Å². The molecule has 0 saturated carbocycles. The molecule has 0 fully saturated rings. The van der Waals surface area contributed by atoms with Gasteiger partial charge in [0.1, 0.15) is 0 Å². The zero-order chi connectivity index (χ0) is 16.2. The van der Waals surface area contributed by atoms with Gasteiger partial charge in [0.2, 0.25) is 0 Å². The topological polar surface area (TPSA) is 12.0 Å². The van der Waals surface area contributed by atoms with E-state index in [1.54, 1.807) is 0 Å². The zero-order valence-corrected chi connectivity index (χ0v) is 14.1. The summed E-state index contributed by atoms with van der Waals surface area (Å²) in [7, 11) is 0. The molecule has 0 radical (unpaired) electrons. The van der Waals surface area contributed by atoms with E-state index in [9.17, 15) is 0 Å². The normalized spacial score (nSPS) is 10.6. The smallest absolute Gasteiger partial charge is 0.0402 e. The predicted octanol–water partition coefficient (Wildman–Crippen LogP) is 5.89. The molecule has 0 saturated heterocycles. The summed E-state index contributed by atoms with van der Waals surface area (Å²) >= 11 is 0. The summed E-state index contributed by atoms with van der Waals surface area (Å²) in [6.07, 6.45) is 0. The Hall–Kier alpha value is -2.54. The second kappa shape index (κ2) is 6.70. The average Bonchev–Trinajstić information content (AvgIpc) is 2.55. The van der Waals surface area contributed by atoms with Crippen LogP contribution in [-0.2, 0) is 6.54 Å². The van der Waals surface area contributed by atoms with E-state index in [1.165, 1.54) is 39.1 Å². The van der Waals surface area contributed by atoms with Crippen molar-refractivity contribution in [1.29, 1.82) is 0 Å². The van der Waals surface area contributed by atoms with Gasteiger partial charge >= 0.3 is 0 Å². The van der Waals surface area contributed by atoms with Crippen LogP contribution in [0.15, 0.2) is 66.7 Å². The Balaban J connectivity index is 1.72. The maximum Gasteiger partial charge on any atom is 0.0402 e. The fourth-order valence-corrected chi connectivity index (χ4v) is 3.09. The van der Waals surface area contributed by atoms with Gasteiger partial charge in [-0.2, -0.15) is 0 Å². The molecule has 1 heteroatoms. The molecule has 0 spiro atoms. The second-order valence-corrected chi connectivity index (χ2v) is 6.19. The molecule has 0 aliphatic heterocycles. The Kier molecular flexibility index (Phi) is 4.47. The van der Waals surface area contributed by atoms with Crippen molar-refractivity contribution in [3.63, 3.8) is 0 Å². The monoisotopic (exact) mass is 301 g/mol. The molecular formula is C22H23N. The molecule has 1 N–H and O–H groups in total. The maximum absolute atomic E-state index is 3.58. The standard InChI is InChI=1S/C22H23N/c1-16-13-17(2)22(18(3)14-16)23-15-19-9-11-21(12-10-19)20-7-5-4-6-8-20/h4-14,23H,15H2,1-3H3. The molecule has 0 atom stereocenters. The lowest BCUT2D eigenvalue weighted by atomic mass is 10.0. The molecule has 3 rings (SSSR count). The van der Waals surface area contributed by atoms with E-state index in [-0.39, 0.29) is 0 Å². The fraction of sp³-hybridized carbons (Fsp3) is 0.182. The summed E-state index contributed by atoms with van der Waals surface area (Å²) in [5, 5.41) is 3.58. The van der Waals surface area contributed by atoms with Crippen LogP contribution < -0.4 is 5.32 Å². The van der Waals surface area contributed by atoms with Gasteiger partial charge in [-0.25, -0.2) is 0 Å². The van der Waals surface area contributed by atoms with Crippen LogP contribution in [0.25, 0.3) is 11.1 Å². The third kappa shape index (κ3) is 3.62. The van der Waals surface area contributed by atoms with Gasteiger partial charge in [-0.05, 0) is 48.6 Å². The van der Waals surface area contributed by atoms with Crippen molar-refractivity contribution in [2.24, 2.45) is 0 Å². The molecule has 0 unspecified atom stereocenters. The number of hydrogen-bond donors (Lipinski definition) is 1. The molecule has 3 aromatic rings. The first-order valence-electron chi connectivity index (χ1n) is 8.09. The minimum absolute atomic E-state index is 0.847. The van der Waals surface area contributed by atoms with Crippen LogP contribution in [0.4, 0.5) is 5.69 Å². The maximum atomic E-state index is 3.58. The van der Waals surface area contributed by atoms with Gasteiger partial charge in [-0.15, -0.1) is 0 Å². The van der Waals surface area contributed by atoms with Gasteiger partial charge in [0.15, 0.2) is 0 Å². The van der Waals surface area contributed by atoms with E-state index in [0.29, 0.717) is 0 Å². The van der Waals surface area contributed by atoms with Crippen molar-refractivity contribution in [3.05, 3.63) is 89.0 Å². The largest absolute Gasteiger partial charge is 0.381 e. The van der Waals surface area contributed by atoms with Crippen molar-refractivity contribution in [2.45, 2.75) is 27.3 Å². The van der Waals surface area contributed by atoms with Crippen molar-refractivity contribution >= 4 is 5.69 Å². The molecule has 0 aliphatic rings. The van der Waals surface area contributed by atoms with E-state index in [1.807, 2.05) is 6.07 Å². The highest BCUT2D eigenvalue weighted by molar-refractivity contribution is 5.64. The molecule has 1 nitrogen and oxygen atoms in total. The highest BCUT2D eigenvalue weighted by Crippen LogP contribution is 2.23. The molecule has 0 aliphatic carbocycles. The van der Waals surface area contributed by atoms with Crippen molar-refractivity contribution in [3.8, 4) is 11.1 Å². The SMILES string of the molecule is Cc1cc(C)c(NCc2ccc(-c3ccccc3)cc2)c(C)c1. The first kappa shape index (κ1) is 15.4. The van der Waals surface area contributed by atoms with E-state index >= 15 is 0 Å². The lowest BCUT2D eigenvalue weighted by Crippen LogP contribution is -2.03. The predicted molar refractivity (Wildman–Crippen MR) is 99.9 cm³/mol. The number of anilines is 1. The van der Waals surface area contributed by atoms with E-state index < -0.39 is 0 Å². The Bertz CT molecular complexity index is 763. The quantitative estimate of drug-likeness (QED) is 0.633. The fourth-order valence-electron chi connectivity index (χ4n) is 3.09. The van der Waals surface area contributed by atoms with Gasteiger partial charge in [0.05, 0.1) is 0 Å². The molecule has 3 aromatic carbocycles. The minimum Gasteiger partial charge on any atom is -0.381 e. The number of nitrogens with one attached hydrogen (secondary N) is 1. The van der Waals surface area contributed by atoms with Crippen molar-refractivity contribution < 1.29 is 0 Å². The highest BCUT2D eigenvalue weighted by atomic mass is 14.9. The lowest BCUT2D eigenvalue weighted by Gasteiger charge is -2.14. The van der Waals surface area contributed by atoms with Gasteiger partial charge in [-0.1, -0.05) is 72.3 Å². The van der Waals surface area contributed by atoms with Crippen molar-refractivity contribution in [1.82, 2.24) is 0 Å². The van der Waals surface area contributed by atoms with E-state index in [4.69, 9.17) is 0 Å². The number of hydrogen-bond acceptors (Lipinski definition) is 1. The molecule has 0 heterocycles. The van der Waals surface area contributed by atoms with Crippen LogP contribution in [0.2, 0.25) is 0 Å². The zero-order valence-electron chi connectivity index (χ0n) is 14.1. The molecule has 116 valence electrons. The third-order valence-electron chi connectivity index (χ3n) is 4.21. The second-order valence-electron chi connectivity index (χ2n) is 6.19. The van der Waals surface area contributed by atoms with E-state index in [0.717, 1.165) is 6.54 Å². The lowest BCUT2D eigenvalue weighted by molar-refractivity contribution is 1.13. The summed E-state index contributed by atoms with van der Waals surface area (Å²) in [5.41, 5.74) is 9.01. The molecule has 23 heavy (non-hydrogen) atoms. The Morgan fingerprint density at radius 2 is 1.26 bits per heavy atom. The van der Waals surface area contributed by atoms with E-state index in [2.05, 4.69) is 86.8 Å². The van der Waals surface area contributed by atoms with Crippen LogP contribution in [0, 0.1) is 20.8 Å². The molecule has 0 amide bonds. The number of rotatable bonds is 4. The van der Waals surface area contributed by atoms with Crippen LogP contribution in [0.5, 0.6) is 0 Å². The highest BCUT2D eigenvalue weighted by Gasteiger charge is 2.04. The molecule has 0 bridgehead atoms. The third-order valence-corrected chi connectivity index (χ3v) is 4.21. The Morgan fingerprint density at radius 1 is 0.696 bits per heavy atom. The summed E-state index contributed by atoms with van der Waals surface area (Å²) in [6, 6.07) is 23.8. The summed E-state index contributed by atoms with van der Waals surface area (Å²) < 4.78 is 0. The first-order valence-corrected chi connectivity index (χ1v) is 8.09. The molecular weight excluding hydrogens is 278 g/mol. The van der Waals surface area contributed by atoms with Crippen LogP contribution in [0.3, 0.4) is 0 Å². The summed E-state index contributed by atoms with van der Waals surface area (Å²) in [6.45, 7) is 7.33. The summed E-state index contributed by atoms with van der Waals surface area (Å²) in [4.78, 5) is 0. The van der Waals surface area contributed by atoms with Crippen molar-refractivity contribution in [2.75, 3.05) is 5.32 Å². The van der Waals surface area contributed by atoms with Crippen LogP contribution in [0.1, 0.15) is 22.3 Å². The average molecular weight is 301 g/mol. The first-order chi connectivity index (χ1) is 11.1. The van der Waals surface area contributed by atoms with Gasteiger partial charge in [-0.3, -0.25) is 0 Å². The summed E-state index contributed by atoms with van der Waals surface area (Å²) in [5.74, 6) is 0. The Morgan fingerprint density at radius 3 is 1.87 bits per heavy atom. The van der Waals surface area contributed by atoms with Gasteiger partial charge < -0.3 is 5.32 Å². The molecule has 0 aromatic heterocycles. The minimum atomic E-state index is 0.847. The van der Waals surface area contributed by atoms with Gasteiger partial charge in [0, 0.05) is 12.2 Å². The van der Waals surface area contributed by atoms with Crippen LogP contribution in [-0.4, -0.2) is 0 Å². The van der Waals surface area contributed by atoms with Crippen LogP contribution >= 0.6 is 0 Å². The number of aryl methyl sites for hydroxylation is 3. The Labute approximate surface area is 139 Å².